The fourth-order valence-electron chi connectivity index (χ4n) is 3.81. The van der Waals surface area contributed by atoms with Gasteiger partial charge in [0.15, 0.2) is 0 Å². The van der Waals surface area contributed by atoms with Crippen molar-refractivity contribution in [1.82, 2.24) is 4.90 Å². The molecule has 160 valence electrons. The molecule has 0 N–H and O–H groups in total. The van der Waals surface area contributed by atoms with Crippen molar-refractivity contribution in [2.45, 2.75) is 64.8 Å². The third-order valence-electron chi connectivity index (χ3n) is 5.50. The van der Waals surface area contributed by atoms with Crippen molar-refractivity contribution in [2.24, 2.45) is 5.92 Å². The molecule has 1 aliphatic heterocycles. The number of ketones is 1. The van der Waals surface area contributed by atoms with E-state index in [2.05, 4.69) is 45.0 Å². The molecule has 0 saturated carbocycles. The van der Waals surface area contributed by atoms with Crippen molar-refractivity contribution in [1.29, 1.82) is 0 Å². The number of methoxy groups -OCH3 is 1. The van der Waals surface area contributed by atoms with Crippen LogP contribution in [0.1, 0.15) is 58.1 Å². The lowest BCUT2D eigenvalue weighted by Crippen LogP contribution is -2.48. The van der Waals surface area contributed by atoms with Crippen molar-refractivity contribution >= 4 is 17.8 Å². The van der Waals surface area contributed by atoms with Crippen LogP contribution in [0.25, 0.3) is 0 Å². The van der Waals surface area contributed by atoms with Gasteiger partial charge in [-0.3, -0.25) is 9.59 Å². The van der Waals surface area contributed by atoms with Gasteiger partial charge in [-0.15, -0.1) is 0 Å². The second kappa shape index (κ2) is 9.90. The number of rotatable bonds is 6. The molecule has 0 aromatic heterocycles. The van der Waals surface area contributed by atoms with Crippen molar-refractivity contribution in [3.8, 4) is 0 Å². The SMILES string of the molecule is CCOC(=O)CC(=O)C1CCN(C(=O)OC)C(Cc2ccc(C(C)(C)C)cc2)C1. The van der Waals surface area contributed by atoms with Crippen LogP contribution in [0.3, 0.4) is 0 Å². The molecule has 0 spiro atoms. The number of ether oxygens (including phenoxy) is 2. The van der Waals surface area contributed by atoms with Crippen LogP contribution >= 0.6 is 0 Å². The van der Waals surface area contributed by atoms with E-state index in [-0.39, 0.29) is 42.3 Å². The molecule has 6 nitrogen and oxygen atoms in total. The Hall–Kier alpha value is -2.37. The highest BCUT2D eigenvalue weighted by Gasteiger charge is 2.35. The van der Waals surface area contributed by atoms with Crippen LogP contribution in [0.4, 0.5) is 4.79 Å². The summed E-state index contributed by atoms with van der Waals surface area (Å²) in [6.45, 7) is 8.93. The molecule has 1 aromatic rings. The summed E-state index contributed by atoms with van der Waals surface area (Å²) in [6, 6.07) is 8.25. The van der Waals surface area contributed by atoms with E-state index in [1.807, 2.05) is 0 Å². The summed E-state index contributed by atoms with van der Waals surface area (Å²) < 4.78 is 9.84. The number of benzene rings is 1. The first kappa shape index (κ1) is 22.9. The largest absolute Gasteiger partial charge is 0.466 e. The Balaban J connectivity index is 2.12. The van der Waals surface area contributed by atoms with E-state index in [1.165, 1.54) is 12.7 Å². The number of hydrogen-bond acceptors (Lipinski definition) is 5. The second-order valence-electron chi connectivity index (χ2n) is 8.64. The number of hydrogen-bond donors (Lipinski definition) is 0. The van der Waals surface area contributed by atoms with Crippen LogP contribution in [0.15, 0.2) is 24.3 Å². The number of esters is 1. The van der Waals surface area contributed by atoms with Crippen molar-refractivity contribution in [2.75, 3.05) is 20.3 Å². The summed E-state index contributed by atoms with van der Waals surface area (Å²) in [6.07, 6.45) is 1.12. The van der Waals surface area contributed by atoms with E-state index in [1.54, 1.807) is 11.8 Å². The molecule has 1 aromatic carbocycles. The maximum Gasteiger partial charge on any atom is 0.409 e. The molecule has 1 fully saturated rings. The Labute approximate surface area is 173 Å². The molecule has 2 rings (SSSR count). The first-order chi connectivity index (χ1) is 13.7. The van der Waals surface area contributed by atoms with Crippen molar-refractivity contribution < 1.29 is 23.9 Å². The van der Waals surface area contributed by atoms with Gasteiger partial charge in [0.2, 0.25) is 0 Å². The van der Waals surface area contributed by atoms with Gasteiger partial charge >= 0.3 is 12.1 Å². The van der Waals surface area contributed by atoms with Crippen LogP contribution in [0.5, 0.6) is 0 Å². The van der Waals surface area contributed by atoms with E-state index < -0.39 is 5.97 Å². The molecule has 1 aliphatic rings. The molecule has 1 heterocycles. The maximum absolute atomic E-state index is 12.5. The lowest BCUT2D eigenvalue weighted by Gasteiger charge is -2.38. The standard InChI is InChI=1S/C23H33NO5/c1-6-29-21(26)15-20(25)17-11-12-24(22(27)28-5)19(14-17)13-16-7-9-18(10-8-16)23(2,3)4/h7-10,17,19H,6,11-15H2,1-5H3. The number of carbonyl (C=O) groups excluding carboxylic acids is 3. The monoisotopic (exact) mass is 403 g/mol. The number of Topliss-reactive ketones (excluding diaryl/α,β-unsaturated/α-hetero) is 1. The minimum absolute atomic E-state index is 0.0754. The van der Waals surface area contributed by atoms with Gasteiger partial charge in [0.25, 0.3) is 0 Å². The zero-order valence-electron chi connectivity index (χ0n) is 18.2. The molecular formula is C23H33NO5. The summed E-state index contributed by atoms with van der Waals surface area (Å²) in [5, 5.41) is 0. The third-order valence-corrected chi connectivity index (χ3v) is 5.50. The van der Waals surface area contributed by atoms with E-state index in [4.69, 9.17) is 9.47 Å². The summed E-state index contributed by atoms with van der Waals surface area (Å²) in [7, 11) is 1.37. The topological polar surface area (TPSA) is 72.9 Å². The van der Waals surface area contributed by atoms with Gasteiger partial charge in [-0.1, -0.05) is 45.0 Å². The Kier molecular flexibility index (Phi) is 7.82. The van der Waals surface area contributed by atoms with Gasteiger partial charge in [-0.05, 0) is 42.7 Å². The van der Waals surface area contributed by atoms with E-state index in [0.29, 0.717) is 25.8 Å². The van der Waals surface area contributed by atoms with E-state index >= 15 is 0 Å². The van der Waals surface area contributed by atoms with E-state index in [0.717, 1.165) is 5.56 Å². The number of amides is 1. The molecule has 2 atom stereocenters. The molecule has 6 heteroatoms. The number of piperidine rings is 1. The van der Waals surface area contributed by atoms with Crippen LogP contribution in [-0.2, 0) is 30.9 Å². The van der Waals surface area contributed by atoms with Crippen LogP contribution in [0, 0.1) is 5.92 Å². The predicted molar refractivity (Wildman–Crippen MR) is 111 cm³/mol. The van der Waals surface area contributed by atoms with Gasteiger partial charge in [0.05, 0.1) is 13.7 Å². The fraction of sp³-hybridized carbons (Fsp3) is 0.609. The van der Waals surface area contributed by atoms with Crippen LogP contribution < -0.4 is 0 Å². The Morgan fingerprint density at radius 1 is 1.14 bits per heavy atom. The predicted octanol–water partition coefficient (Wildman–Crippen LogP) is 3.90. The Morgan fingerprint density at radius 2 is 1.79 bits per heavy atom. The van der Waals surface area contributed by atoms with Gasteiger partial charge in [0, 0.05) is 18.5 Å². The molecule has 2 unspecified atom stereocenters. The first-order valence-corrected chi connectivity index (χ1v) is 10.3. The molecule has 29 heavy (non-hydrogen) atoms. The maximum atomic E-state index is 12.5. The summed E-state index contributed by atoms with van der Waals surface area (Å²) >= 11 is 0. The summed E-state index contributed by atoms with van der Waals surface area (Å²) in [5.41, 5.74) is 2.43. The Morgan fingerprint density at radius 3 is 2.34 bits per heavy atom. The molecule has 0 bridgehead atoms. The third kappa shape index (κ3) is 6.31. The van der Waals surface area contributed by atoms with Gasteiger partial charge in [0.1, 0.15) is 12.2 Å². The van der Waals surface area contributed by atoms with Gasteiger partial charge in [-0.25, -0.2) is 4.79 Å². The average molecular weight is 404 g/mol. The quantitative estimate of drug-likeness (QED) is 0.532. The highest BCUT2D eigenvalue weighted by Crippen LogP contribution is 2.29. The van der Waals surface area contributed by atoms with Crippen LogP contribution in [0.2, 0.25) is 0 Å². The van der Waals surface area contributed by atoms with Crippen molar-refractivity contribution in [3.05, 3.63) is 35.4 Å². The second-order valence-corrected chi connectivity index (χ2v) is 8.64. The number of nitrogens with zero attached hydrogens (tertiary/aromatic N) is 1. The average Bonchev–Trinajstić information content (AvgIpc) is 2.67. The molecule has 0 aliphatic carbocycles. The van der Waals surface area contributed by atoms with Gasteiger partial charge in [-0.2, -0.15) is 0 Å². The normalized spacial score (nSPS) is 19.6. The minimum Gasteiger partial charge on any atom is -0.466 e. The number of likely N-dealkylation sites (tertiary alicyclic amines) is 1. The molecule has 0 radical (unpaired) electrons. The Bertz CT molecular complexity index is 720. The first-order valence-electron chi connectivity index (χ1n) is 10.3. The molecule has 1 amide bonds. The lowest BCUT2D eigenvalue weighted by molar-refractivity contribution is -0.146. The zero-order valence-corrected chi connectivity index (χ0v) is 18.2. The molecular weight excluding hydrogens is 370 g/mol. The van der Waals surface area contributed by atoms with E-state index in [9.17, 15) is 14.4 Å². The van der Waals surface area contributed by atoms with Gasteiger partial charge < -0.3 is 14.4 Å². The minimum atomic E-state index is -0.484. The highest BCUT2D eigenvalue weighted by molar-refractivity contribution is 5.96. The highest BCUT2D eigenvalue weighted by atomic mass is 16.5. The zero-order chi connectivity index (χ0) is 21.6. The summed E-state index contributed by atoms with van der Waals surface area (Å²) in [5.74, 6) is -0.845. The fourth-order valence-corrected chi connectivity index (χ4v) is 3.81. The summed E-state index contributed by atoms with van der Waals surface area (Å²) in [4.78, 5) is 38.2. The van der Waals surface area contributed by atoms with Crippen LogP contribution in [-0.4, -0.2) is 49.0 Å². The lowest BCUT2D eigenvalue weighted by atomic mass is 9.83. The molecule has 1 saturated heterocycles. The number of carbonyl (C=O) groups is 3. The van der Waals surface area contributed by atoms with Crippen molar-refractivity contribution in [3.63, 3.8) is 0 Å². The smallest absolute Gasteiger partial charge is 0.409 e.